The van der Waals surface area contributed by atoms with Crippen LogP contribution in [0.5, 0.6) is 0 Å². The van der Waals surface area contributed by atoms with Crippen LogP contribution in [-0.4, -0.2) is 77.4 Å². The number of fused-ring (bicyclic) bond motifs is 2. The lowest BCUT2D eigenvalue weighted by atomic mass is 9.84. The van der Waals surface area contributed by atoms with E-state index in [0.29, 0.717) is 49.5 Å². The van der Waals surface area contributed by atoms with Gasteiger partial charge in [-0.15, -0.1) is 49.6 Å². The zero-order valence-corrected chi connectivity index (χ0v) is 39.1. The molecule has 2 aliphatic heterocycles. The third kappa shape index (κ3) is 11.8. The van der Waals surface area contributed by atoms with Gasteiger partial charge >= 0.3 is 0 Å². The van der Waals surface area contributed by atoms with Gasteiger partial charge in [-0.2, -0.15) is 0 Å². The van der Waals surface area contributed by atoms with Crippen molar-refractivity contribution in [3.8, 4) is 22.5 Å². The molecule has 4 aromatic rings. The van der Waals surface area contributed by atoms with Crippen molar-refractivity contribution in [2.75, 3.05) is 24.6 Å². The van der Waals surface area contributed by atoms with Gasteiger partial charge in [-0.1, -0.05) is 146 Å². The average Bonchev–Trinajstić information content (AvgIpc) is 3.89. The van der Waals surface area contributed by atoms with Crippen LogP contribution < -0.4 is 11.5 Å². The standard InChI is InChI=1S/C44H58N8O2S2.4ClH/c45-35(43(53)51-23-21-49-27-37(33-17-9-3-10-18-33)47-41(49)39(51)25-31-13-5-1-6-14-31)29-55-56-30-36(46)44(54)52-24-22-50-28-38(34-19-11-4-12-20-34)48-42(50)40(52)26-32-15-7-2-8-16-32;;;;/h3-4,9-12,17-20,27-28,31-32,35-36,39-40H,1-2,5-8,13-16,21-26,29-30,45-46H2;4*1H/t35-,36?,39-,40-;;;;/m0..../s1. The molecule has 2 fully saturated rings. The van der Waals surface area contributed by atoms with E-state index < -0.39 is 12.1 Å². The number of imidazole rings is 2. The van der Waals surface area contributed by atoms with Gasteiger partial charge in [0.25, 0.3) is 0 Å². The van der Waals surface area contributed by atoms with Crippen molar-refractivity contribution < 1.29 is 9.59 Å². The SMILES string of the molecule is Cl.Cl.Cl.Cl.NC(CSSC[C@H](N)C(=O)N1CCn2cc(-c3ccccc3)nc2[C@@H]1CC1CCCCC1)C(=O)N1CCn2cc(-c3ccccc3)nc2[C@@H]1CC1CCCCC1. The fraction of sp³-hybridized carbons (Fsp3) is 0.545. The minimum atomic E-state index is -0.650. The summed E-state index contributed by atoms with van der Waals surface area (Å²) in [6.07, 6.45) is 18.6. The molecule has 2 aromatic carbocycles. The van der Waals surface area contributed by atoms with E-state index >= 15 is 0 Å². The summed E-state index contributed by atoms with van der Waals surface area (Å²) in [7, 11) is 3.09. The van der Waals surface area contributed by atoms with Gasteiger partial charge in [-0.25, -0.2) is 9.97 Å². The smallest absolute Gasteiger partial charge is 0.241 e. The van der Waals surface area contributed by atoms with Crippen LogP contribution in [0.4, 0.5) is 0 Å². The number of benzene rings is 2. The van der Waals surface area contributed by atoms with Gasteiger partial charge in [0.1, 0.15) is 11.6 Å². The van der Waals surface area contributed by atoms with E-state index in [2.05, 4.69) is 45.8 Å². The Morgan fingerprint density at radius 2 is 0.933 bits per heavy atom. The molecule has 4 heterocycles. The average molecular weight is 941 g/mol. The topological polar surface area (TPSA) is 128 Å². The zero-order chi connectivity index (χ0) is 38.4. The maximum atomic E-state index is 14.1. The molecule has 2 aliphatic carbocycles. The Hall–Kier alpha value is -2.42. The second-order valence-electron chi connectivity index (χ2n) is 16.4. The lowest BCUT2D eigenvalue weighted by molar-refractivity contribution is -0.137. The van der Waals surface area contributed by atoms with E-state index in [9.17, 15) is 9.59 Å². The molecule has 4 N–H and O–H groups in total. The number of carbonyl (C=O) groups excluding carboxylic acids is 2. The number of halogens is 4. The van der Waals surface area contributed by atoms with Gasteiger partial charge in [0.05, 0.1) is 35.6 Å². The molecule has 16 heteroatoms. The number of hydrogen-bond acceptors (Lipinski definition) is 8. The maximum Gasteiger partial charge on any atom is 0.241 e. The van der Waals surface area contributed by atoms with Gasteiger partial charge in [0, 0.05) is 61.2 Å². The second kappa shape index (κ2) is 23.9. The molecule has 2 aromatic heterocycles. The van der Waals surface area contributed by atoms with Gasteiger partial charge in [-0.05, 0) is 24.7 Å². The van der Waals surface area contributed by atoms with Gasteiger partial charge in [-0.3, -0.25) is 9.59 Å². The normalized spacial score (nSPS) is 20.2. The molecular weight excluding hydrogens is 878 g/mol. The first-order valence-corrected chi connectivity index (χ1v) is 23.5. The largest absolute Gasteiger partial charge is 0.331 e. The van der Waals surface area contributed by atoms with Crippen molar-refractivity contribution in [3.05, 3.63) is 84.7 Å². The van der Waals surface area contributed by atoms with Crippen molar-refractivity contribution in [3.63, 3.8) is 0 Å². The summed E-state index contributed by atoms with van der Waals surface area (Å²) in [6, 6.07) is 19.1. The Balaban J connectivity index is 0.00000198. The first kappa shape index (κ1) is 50.2. The quantitative estimate of drug-likeness (QED) is 0.100. The van der Waals surface area contributed by atoms with Crippen LogP contribution in [-0.2, 0) is 22.7 Å². The molecule has 2 amide bonds. The van der Waals surface area contributed by atoms with Gasteiger partial charge in [0.15, 0.2) is 0 Å². The lowest BCUT2D eigenvalue weighted by Crippen LogP contribution is -2.51. The zero-order valence-electron chi connectivity index (χ0n) is 34.2. The summed E-state index contributed by atoms with van der Waals surface area (Å²) in [5.41, 5.74) is 17.5. The number of rotatable bonds is 13. The van der Waals surface area contributed by atoms with Crippen LogP contribution in [0.25, 0.3) is 22.5 Å². The number of amides is 2. The Morgan fingerprint density at radius 3 is 1.30 bits per heavy atom. The van der Waals surface area contributed by atoms with E-state index in [1.165, 1.54) is 64.2 Å². The molecule has 330 valence electrons. The Bertz CT molecular complexity index is 1790. The second-order valence-corrected chi connectivity index (χ2v) is 19.0. The minimum absolute atomic E-state index is 0. The van der Waals surface area contributed by atoms with Crippen LogP contribution in [0.2, 0.25) is 0 Å². The van der Waals surface area contributed by atoms with Crippen LogP contribution in [0.15, 0.2) is 73.1 Å². The first-order valence-electron chi connectivity index (χ1n) is 21.0. The van der Waals surface area contributed by atoms with Crippen molar-refractivity contribution in [2.24, 2.45) is 23.3 Å². The van der Waals surface area contributed by atoms with Gasteiger partial charge < -0.3 is 30.4 Å². The van der Waals surface area contributed by atoms with Crippen molar-refractivity contribution >= 4 is 83.0 Å². The minimum Gasteiger partial charge on any atom is -0.331 e. The van der Waals surface area contributed by atoms with E-state index in [-0.39, 0.29) is 73.5 Å². The van der Waals surface area contributed by atoms with Crippen LogP contribution in [0, 0.1) is 11.8 Å². The number of hydrogen-bond donors (Lipinski definition) is 2. The molecule has 4 atom stereocenters. The highest BCUT2D eigenvalue weighted by Crippen LogP contribution is 2.40. The molecule has 4 aliphatic rings. The van der Waals surface area contributed by atoms with Crippen LogP contribution in [0.1, 0.15) is 101 Å². The molecule has 8 rings (SSSR count). The lowest BCUT2D eigenvalue weighted by Gasteiger charge is -2.39. The predicted molar refractivity (Wildman–Crippen MR) is 256 cm³/mol. The summed E-state index contributed by atoms with van der Waals surface area (Å²) in [5.74, 6) is 4.00. The summed E-state index contributed by atoms with van der Waals surface area (Å²) < 4.78 is 4.51. The number of nitrogens with two attached hydrogens (primary N) is 2. The van der Waals surface area contributed by atoms with Crippen molar-refractivity contribution in [1.82, 2.24) is 28.9 Å². The summed E-state index contributed by atoms with van der Waals surface area (Å²) in [6.45, 7) is 2.67. The Morgan fingerprint density at radius 1 is 0.567 bits per heavy atom. The highest BCUT2D eigenvalue weighted by Gasteiger charge is 2.39. The van der Waals surface area contributed by atoms with E-state index in [1.807, 2.05) is 46.2 Å². The molecule has 1 unspecified atom stereocenters. The van der Waals surface area contributed by atoms with E-state index in [1.54, 1.807) is 21.6 Å². The molecule has 0 bridgehead atoms. The summed E-state index contributed by atoms with van der Waals surface area (Å²) in [4.78, 5) is 42.6. The molecule has 60 heavy (non-hydrogen) atoms. The van der Waals surface area contributed by atoms with Crippen molar-refractivity contribution in [2.45, 2.75) is 114 Å². The van der Waals surface area contributed by atoms with Gasteiger partial charge in [0.2, 0.25) is 11.8 Å². The third-order valence-electron chi connectivity index (χ3n) is 12.6. The Kier molecular flexibility index (Phi) is 20.0. The maximum absolute atomic E-state index is 14.1. The molecule has 0 radical (unpaired) electrons. The number of nitrogens with zero attached hydrogens (tertiary/aromatic N) is 6. The molecule has 0 saturated heterocycles. The molecule has 0 spiro atoms. The highest BCUT2D eigenvalue weighted by molar-refractivity contribution is 8.76. The fourth-order valence-corrected chi connectivity index (χ4v) is 11.8. The fourth-order valence-electron chi connectivity index (χ4n) is 9.55. The molecular formula is C44H62Cl4N8O2S2. The number of carbonyl (C=O) groups is 2. The number of aromatic nitrogens is 4. The van der Waals surface area contributed by atoms with E-state index in [4.69, 9.17) is 21.4 Å². The third-order valence-corrected chi connectivity index (χ3v) is 15.1. The van der Waals surface area contributed by atoms with Crippen molar-refractivity contribution in [1.29, 1.82) is 0 Å². The van der Waals surface area contributed by atoms with Crippen LogP contribution >= 0.6 is 71.2 Å². The highest BCUT2D eigenvalue weighted by atomic mass is 35.5. The summed E-state index contributed by atoms with van der Waals surface area (Å²) >= 11 is 0. The summed E-state index contributed by atoms with van der Waals surface area (Å²) in [5, 5.41) is 0. The van der Waals surface area contributed by atoms with E-state index in [0.717, 1.165) is 47.0 Å². The van der Waals surface area contributed by atoms with Crippen LogP contribution in [0.3, 0.4) is 0 Å². The first-order chi connectivity index (χ1) is 27.4. The predicted octanol–water partition coefficient (Wildman–Crippen LogP) is 9.54. The molecule has 2 saturated carbocycles. The Labute approximate surface area is 388 Å². The molecule has 10 nitrogen and oxygen atoms in total. The monoisotopic (exact) mass is 938 g/mol.